The van der Waals surface area contributed by atoms with E-state index in [2.05, 4.69) is 15.0 Å². The number of amides is 1. The second-order valence-electron chi connectivity index (χ2n) is 6.51. The monoisotopic (exact) mass is 395 g/mol. The van der Waals surface area contributed by atoms with E-state index in [9.17, 15) is 13.2 Å². The van der Waals surface area contributed by atoms with Gasteiger partial charge in [-0.2, -0.15) is 0 Å². The van der Waals surface area contributed by atoms with E-state index in [0.29, 0.717) is 17.8 Å². The Balaban J connectivity index is 1.69. The number of aromatic nitrogens is 1. The van der Waals surface area contributed by atoms with E-state index >= 15 is 0 Å². The zero-order valence-corrected chi connectivity index (χ0v) is 16.5. The molecule has 7 heteroatoms. The third-order valence-corrected chi connectivity index (χ3v) is 5.45. The maximum absolute atomic E-state index is 12.6. The highest BCUT2D eigenvalue weighted by Gasteiger charge is 2.15. The molecule has 2 N–H and O–H groups in total. The van der Waals surface area contributed by atoms with Gasteiger partial charge in [0.2, 0.25) is 0 Å². The summed E-state index contributed by atoms with van der Waals surface area (Å²) in [6.07, 6.45) is 1.66. The van der Waals surface area contributed by atoms with Gasteiger partial charge in [0, 0.05) is 17.4 Å². The summed E-state index contributed by atoms with van der Waals surface area (Å²) in [6, 6.07) is 16.8. The Morgan fingerprint density at radius 2 is 1.64 bits per heavy atom. The van der Waals surface area contributed by atoms with Gasteiger partial charge < -0.3 is 5.32 Å². The molecule has 0 saturated carbocycles. The fourth-order valence-corrected chi connectivity index (χ4v) is 3.85. The van der Waals surface area contributed by atoms with Crippen LogP contribution in [0.2, 0.25) is 0 Å². The van der Waals surface area contributed by atoms with E-state index < -0.39 is 10.0 Å². The van der Waals surface area contributed by atoms with Crippen molar-refractivity contribution in [3.05, 3.63) is 89.2 Å². The second kappa shape index (κ2) is 8.22. The van der Waals surface area contributed by atoms with Gasteiger partial charge in [0.15, 0.2) is 0 Å². The molecule has 0 saturated heterocycles. The Morgan fingerprint density at radius 3 is 2.25 bits per heavy atom. The quantitative estimate of drug-likeness (QED) is 0.669. The summed E-state index contributed by atoms with van der Waals surface area (Å²) in [5.41, 5.74) is 3.57. The van der Waals surface area contributed by atoms with E-state index in [1.165, 1.54) is 24.3 Å². The Hall–Kier alpha value is -3.19. The second-order valence-corrected chi connectivity index (χ2v) is 8.19. The van der Waals surface area contributed by atoms with Crippen LogP contribution in [0.4, 0.5) is 5.69 Å². The normalized spacial score (nSPS) is 11.1. The zero-order valence-electron chi connectivity index (χ0n) is 15.6. The predicted octanol–water partition coefficient (Wildman–Crippen LogP) is 3.43. The maximum Gasteiger partial charge on any atom is 0.261 e. The van der Waals surface area contributed by atoms with Gasteiger partial charge in [-0.3, -0.25) is 14.5 Å². The van der Waals surface area contributed by atoms with Crippen molar-refractivity contribution in [2.75, 3.05) is 4.72 Å². The van der Waals surface area contributed by atoms with E-state index in [4.69, 9.17) is 0 Å². The molecule has 2 aromatic carbocycles. The highest BCUT2D eigenvalue weighted by atomic mass is 32.2. The van der Waals surface area contributed by atoms with Crippen LogP contribution in [-0.4, -0.2) is 19.3 Å². The molecule has 0 aliphatic heterocycles. The average molecular weight is 395 g/mol. The molecule has 0 atom stereocenters. The standard InChI is InChI=1S/C21H21N3O3S/c1-15-11-16(2)13-19(12-15)24-28(26,27)20-8-6-17(7-9-20)21(25)23-14-18-5-3-4-10-22-18/h3-13,24H,14H2,1-2H3,(H,23,25). The summed E-state index contributed by atoms with van der Waals surface area (Å²) in [7, 11) is -3.74. The zero-order chi connectivity index (χ0) is 20.1. The van der Waals surface area contributed by atoms with E-state index in [1.54, 1.807) is 24.4 Å². The lowest BCUT2D eigenvalue weighted by molar-refractivity contribution is 0.0950. The van der Waals surface area contributed by atoms with Gasteiger partial charge in [-0.15, -0.1) is 0 Å². The number of carbonyl (C=O) groups excluding carboxylic acids is 1. The minimum absolute atomic E-state index is 0.0907. The Kier molecular flexibility index (Phi) is 5.75. The largest absolute Gasteiger partial charge is 0.346 e. The molecule has 0 aliphatic rings. The van der Waals surface area contributed by atoms with Crippen LogP contribution >= 0.6 is 0 Å². The number of rotatable bonds is 6. The molecule has 1 amide bonds. The van der Waals surface area contributed by atoms with Crippen molar-refractivity contribution in [3.8, 4) is 0 Å². The van der Waals surface area contributed by atoms with Crippen LogP contribution < -0.4 is 10.0 Å². The highest BCUT2D eigenvalue weighted by Crippen LogP contribution is 2.19. The van der Waals surface area contributed by atoms with Crippen LogP contribution in [0.5, 0.6) is 0 Å². The van der Waals surface area contributed by atoms with Crippen LogP contribution in [0.15, 0.2) is 71.8 Å². The Labute approximate surface area is 164 Å². The van der Waals surface area contributed by atoms with Crippen molar-refractivity contribution in [2.45, 2.75) is 25.3 Å². The number of carbonyl (C=O) groups is 1. The molecule has 1 heterocycles. The van der Waals surface area contributed by atoms with Gasteiger partial charge in [0.05, 0.1) is 17.1 Å². The highest BCUT2D eigenvalue weighted by molar-refractivity contribution is 7.92. The van der Waals surface area contributed by atoms with Crippen molar-refractivity contribution in [3.63, 3.8) is 0 Å². The van der Waals surface area contributed by atoms with Gasteiger partial charge in [-0.1, -0.05) is 12.1 Å². The average Bonchev–Trinajstić information content (AvgIpc) is 2.66. The first-order chi connectivity index (χ1) is 13.3. The first-order valence-electron chi connectivity index (χ1n) is 8.73. The number of nitrogens with one attached hydrogen (secondary N) is 2. The predicted molar refractivity (Wildman–Crippen MR) is 109 cm³/mol. The Bertz CT molecular complexity index is 1060. The number of nitrogens with zero attached hydrogens (tertiary/aromatic N) is 1. The van der Waals surface area contributed by atoms with E-state index in [0.717, 1.165) is 16.8 Å². The molecule has 0 spiro atoms. The van der Waals surface area contributed by atoms with Crippen molar-refractivity contribution in [2.24, 2.45) is 0 Å². The molecule has 6 nitrogen and oxygen atoms in total. The Morgan fingerprint density at radius 1 is 0.964 bits per heavy atom. The van der Waals surface area contributed by atoms with Gasteiger partial charge in [0.25, 0.3) is 15.9 Å². The van der Waals surface area contributed by atoms with E-state index in [1.807, 2.05) is 32.0 Å². The van der Waals surface area contributed by atoms with Crippen LogP contribution in [0.3, 0.4) is 0 Å². The summed E-state index contributed by atoms with van der Waals surface area (Å²) < 4.78 is 27.8. The summed E-state index contributed by atoms with van der Waals surface area (Å²) in [5.74, 6) is -0.295. The van der Waals surface area contributed by atoms with Crippen molar-refractivity contribution < 1.29 is 13.2 Å². The summed E-state index contributed by atoms with van der Waals surface area (Å²) in [5, 5.41) is 2.76. The van der Waals surface area contributed by atoms with Crippen molar-refractivity contribution >= 4 is 21.6 Å². The molecule has 144 valence electrons. The number of pyridine rings is 1. The molecule has 3 rings (SSSR count). The number of hydrogen-bond acceptors (Lipinski definition) is 4. The fourth-order valence-electron chi connectivity index (χ4n) is 2.81. The van der Waals surface area contributed by atoms with Gasteiger partial charge in [0.1, 0.15) is 0 Å². The minimum atomic E-state index is -3.74. The molecule has 0 aliphatic carbocycles. The first kappa shape index (κ1) is 19.6. The van der Waals surface area contributed by atoms with Crippen molar-refractivity contribution in [1.82, 2.24) is 10.3 Å². The molecule has 1 aromatic heterocycles. The van der Waals surface area contributed by atoms with Gasteiger partial charge in [-0.05, 0) is 73.5 Å². The lowest BCUT2D eigenvalue weighted by atomic mass is 10.1. The smallest absolute Gasteiger partial charge is 0.261 e. The third kappa shape index (κ3) is 4.95. The number of anilines is 1. The molecule has 0 unspecified atom stereocenters. The topological polar surface area (TPSA) is 88.2 Å². The molecule has 0 bridgehead atoms. The molecule has 3 aromatic rings. The number of benzene rings is 2. The number of sulfonamides is 1. The molecule has 0 fully saturated rings. The lowest BCUT2D eigenvalue weighted by Gasteiger charge is -2.10. The SMILES string of the molecule is Cc1cc(C)cc(NS(=O)(=O)c2ccc(C(=O)NCc3ccccn3)cc2)c1. The molecule has 0 radical (unpaired) electrons. The van der Waals surface area contributed by atoms with Gasteiger partial charge in [-0.25, -0.2) is 8.42 Å². The first-order valence-corrected chi connectivity index (χ1v) is 10.2. The van der Waals surface area contributed by atoms with Crippen LogP contribution in [-0.2, 0) is 16.6 Å². The fraction of sp³-hybridized carbons (Fsp3) is 0.143. The number of hydrogen-bond donors (Lipinski definition) is 2. The van der Waals surface area contributed by atoms with Crippen LogP contribution in [0.25, 0.3) is 0 Å². The molecular weight excluding hydrogens is 374 g/mol. The third-order valence-electron chi connectivity index (χ3n) is 4.06. The van der Waals surface area contributed by atoms with Crippen LogP contribution in [0, 0.1) is 13.8 Å². The number of aryl methyl sites for hydroxylation is 2. The maximum atomic E-state index is 12.6. The van der Waals surface area contributed by atoms with E-state index in [-0.39, 0.29) is 10.8 Å². The van der Waals surface area contributed by atoms with Gasteiger partial charge >= 0.3 is 0 Å². The lowest BCUT2D eigenvalue weighted by Crippen LogP contribution is -2.23. The molecular formula is C21H21N3O3S. The summed E-state index contributed by atoms with van der Waals surface area (Å²) in [4.78, 5) is 16.5. The summed E-state index contributed by atoms with van der Waals surface area (Å²) in [6.45, 7) is 4.11. The van der Waals surface area contributed by atoms with Crippen LogP contribution in [0.1, 0.15) is 27.2 Å². The summed E-state index contributed by atoms with van der Waals surface area (Å²) >= 11 is 0. The van der Waals surface area contributed by atoms with Crippen molar-refractivity contribution in [1.29, 1.82) is 0 Å². The molecule has 28 heavy (non-hydrogen) atoms. The minimum Gasteiger partial charge on any atom is -0.346 e.